The molecule has 0 amide bonds. The third-order valence-electron chi connectivity index (χ3n) is 3.50. The molecule has 0 aliphatic rings. The van der Waals surface area contributed by atoms with Crippen molar-refractivity contribution in [1.29, 1.82) is 0 Å². The van der Waals surface area contributed by atoms with Crippen LogP contribution in [0.5, 0.6) is 0 Å². The summed E-state index contributed by atoms with van der Waals surface area (Å²) in [6, 6.07) is 5.34. The second-order valence-corrected chi connectivity index (χ2v) is 5.36. The molecule has 2 unspecified atom stereocenters. The summed E-state index contributed by atoms with van der Waals surface area (Å²) >= 11 is 5.79. The lowest BCUT2D eigenvalue weighted by molar-refractivity contribution is 0.310. The zero-order valence-corrected chi connectivity index (χ0v) is 11.7. The van der Waals surface area contributed by atoms with Crippen LogP contribution in [0.3, 0.4) is 0 Å². The van der Waals surface area contributed by atoms with Gasteiger partial charge in [-0.2, -0.15) is 0 Å². The summed E-state index contributed by atoms with van der Waals surface area (Å²) < 4.78 is 13.1. The molecule has 0 aliphatic carbocycles. The van der Waals surface area contributed by atoms with Crippen LogP contribution in [0.25, 0.3) is 0 Å². The van der Waals surface area contributed by atoms with Gasteiger partial charge in [0.25, 0.3) is 0 Å². The number of halogens is 2. The molecule has 3 heteroatoms. The van der Waals surface area contributed by atoms with Crippen LogP contribution in [-0.4, -0.2) is 13.1 Å². The summed E-state index contributed by atoms with van der Waals surface area (Å²) in [5.74, 6) is 0.820. The number of benzene rings is 1. The van der Waals surface area contributed by atoms with Gasteiger partial charge in [-0.1, -0.05) is 38.4 Å². The predicted octanol–water partition coefficient (Wildman–Crippen LogP) is 3.90. The molecule has 17 heavy (non-hydrogen) atoms. The molecule has 1 aromatic rings. The summed E-state index contributed by atoms with van der Waals surface area (Å²) in [5, 5.41) is 3.53. The van der Waals surface area contributed by atoms with Crippen LogP contribution in [-0.2, 0) is 6.42 Å². The Morgan fingerprint density at radius 1 is 1.29 bits per heavy atom. The Bertz CT molecular complexity index is 365. The Hall–Kier alpha value is -0.600. The van der Waals surface area contributed by atoms with Gasteiger partial charge in [0.15, 0.2) is 0 Å². The van der Waals surface area contributed by atoms with Crippen LogP contribution in [0.1, 0.15) is 26.3 Å². The van der Waals surface area contributed by atoms with E-state index in [4.69, 9.17) is 11.6 Å². The summed E-state index contributed by atoms with van der Waals surface area (Å²) in [5.41, 5.74) is 1.07. The number of hydrogen-bond donors (Lipinski definition) is 1. The third-order valence-corrected chi connectivity index (χ3v) is 3.79. The summed E-state index contributed by atoms with van der Waals surface area (Å²) in [4.78, 5) is 0. The largest absolute Gasteiger partial charge is 0.316 e. The number of nitrogens with one attached hydrogen (secondary N) is 1. The topological polar surface area (TPSA) is 12.0 Å². The maximum Gasteiger partial charge on any atom is 0.141 e. The molecule has 0 spiro atoms. The van der Waals surface area contributed by atoms with Gasteiger partial charge in [-0.05, 0) is 43.0 Å². The van der Waals surface area contributed by atoms with Crippen LogP contribution in [0.2, 0.25) is 5.02 Å². The standard InChI is InChI=1S/C14H21ClFN/c1-9(2)10(3)14(17-4)8-11-5-6-13(16)12(15)7-11/h5-7,9-10,14,17H,8H2,1-4H3. The molecule has 0 heterocycles. The summed E-state index contributed by atoms with van der Waals surface area (Å²) in [6.07, 6.45) is 0.871. The van der Waals surface area contributed by atoms with Crippen LogP contribution in [0, 0.1) is 17.7 Å². The smallest absolute Gasteiger partial charge is 0.141 e. The molecule has 0 saturated carbocycles. The van der Waals surface area contributed by atoms with E-state index in [2.05, 4.69) is 26.1 Å². The normalized spacial score (nSPS) is 15.0. The summed E-state index contributed by atoms with van der Waals surface area (Å²) in [7, 11) is 1.97. The Balaban J connectivity index is 2.77. The molecule has 0 fully saturated rings. The average Bonchev–Trinajstić information content (AvgIpc) is 2.29. The highest BCUT2D eigenvalue weighted by Crippen LogP contribution is 2.21. The highest BCUT2D eigenvalue weighted by molar-refractivity contribution is 6.30. The van der Waals surface area contributed by atoms with Crippen LogP contribution < -0.4 is 5.32 Å². The fraction of sp³-hybridized carbons (Fsp3) is 0.571. The SMILES string of the molecule is CNC(Cc1ccc(F)c(Cl)c1)C(C)C(C)C. The van der Waals surface area contributed by atoms with Gasteiger partial charge < -0.3 is 5.32 Å². The second-order valence-electron chi connectivity index (χ2n) is 4.95. The molecule has 1 aromatic carbocycles. The van der Waals surface area contributed by atoms with E-state index in [1.165, 1.54) is 6.07 Å². The Morgan fingerprint density at radius 2 is 1.94 bits per heavy atom. The number of likely N-dealkylation sites (N-methyl/N-ethyl adjacent to an activating group) is 1. The molecule has 0 aromatic heterocycles. The fourth-order valence-corrected chi connectivity index (χ4v) is 2.14. The lowest BCUT2D eigenvalue weighted by atomic mass is 9.87. The van der Waals surface area contributed by atoms with Gasteiger partial charge >= 0.3 is 0 Å². The van der Waals surface area contributed by atoms with E-state index in [9.17, 15) is 4.39 Å². The molecule has 96 valence electrons. The minimum absolute atomic E-state index is 0.203. The van der Waals surface area contributed by atoms with Gasteiger partial charge in [0.2, 0.25) is 0 Å². The quantitative estimate of drug-likeness (QED) is 0.844. The number of rotatable bonds is 5. The van der Waals surface area contributed by atoms with Crippen molar-refractivity contribution < 1.29 is 4.39 Å². The van der Waals surface area contributed by atoms with Crippen molar-refractivity contribution in [3.8, 4) is 0 Å². The van der Waals surface area contributed by atoms with E-state index in [0.29, 0.717) is 17.9 Å². The minimum Gasteiger partial charge on any atom is -0.316 e. The average molecular weight is 258 g/mol. The van der Waals surface area contributed by atoms with Crippen LogP contribution in [0.15, 0.2) is 18.2 Å². The first kappa shape index (κ1) is 14.5. The van der Waals surface area contributed by atoms with Gasteiger partial charge in [0.1, 0.15) is 5.82 Å². The van der Waals surface area contributed by atoms with Crippen molar-refractivity contribution in [3.63, 3.8) is 0 Å². The molecule has 0 radical (unpaired) electrons. The molecule has 0 aliphatic heterocycles. The monoisotopic (exact) mass is 257 g/mol. The molecule has 1 nitrogen and oxygen atoms in total. The third kappa shape index (κ3) is 3.97. The van der Waals surface area contributed by atoms with Crippen molar-refractivity contribution >= 4 is 11.6 Å². The zero-order valence-electron chi connectivity index (χ0n) is 10.9. The Labute approximate surface area is 108 Å². The number of hydrogen-bond acceptors (Lipinski definition) is 1. The molecule has 0 bridgehead atoms. The van der Waals surface area contributed by atoms with Crippen molar-refractivity contribution in [3.05, 3.63) is 34.6 Å². The van der Waals surface area contributed by atoms with E-state index in [-0.39, 0.29) is 10.8 Å². The van der Waals surface area contributed by atoms with Crippen molar-refractivity contribution in [2.24, 2.45) is 11.8 Å². The van der Waals surface area contributed by atoms with Gasteiger partial charge in [-0.3, -0.25) is 0 Å². The summed E-state index contributed by atoms with van der Waals surface area (Å²) in [6.45, 7) is 6.66. The predicted molar refractivity (Wildman–Crippen MR) is 72.0 cm³/mol. The van der Waals surface area contributed by atoms with Crippen molar-refractivity contribution in [2.45, 2.75) is 33.2 Å². The van der Waals surface area contributed by atoms with E-state index in [1.807, 2.05) is 7.05 Å². The minimum atomic E-state index is -0.353. The molecule has 1 N–H and O–H groups in total. The Morgan fingerprint density at radius 3 is 2.41 bits per heavy atom. The van der Waals surface area contributed by atoms with Gasteiger partial charge in [0, 0.05) is 6.04 Å². The van der Waals surface area contributed by atoms with E-state index in [1.54, 1.807) is 12.1 Å². The lowest BCUT2D eigenvalue weighted by Crippen LogP contribution is -2.36. The van der Waals surface area contributed by atoms with Crippen LogP contribution in [0.4, 0.5) is 4.39 Å². The molecule has 1 rings (SSSR count). The van der Waals surface area contributed by atoms with E-state index in [0.717, 1.165) is 12.0 Å². The lowest BCUT2D eigenvalue weighted by Gasteiger charge is -2.26. The first-order valence-electron chi connectivity index (χ1n) is 6.07. The highest BCUT2D eigenvalue weighted by Gasteiger charge is 2.19. The molecule has 2 atom stereocenters. The Kier molecular flexibility index (Phi) is 5.41. The molecule has 0 saturated heterocycles. The second kappa shape index (κ2) is 6.36. The molecular formula is C14H21ClFN. The first-order valence-corrected chi connectivity index (χ1v) is 6.44. The maximum atomic E-state index is 13.1. The first-order chi connectivity index (χ1) is 7.95. The van der Waals surface area contributed by atoms with Crippen LogP contribution >= 0.6 is 11.6 Å². The van der Waals surface area contributed by atoms with E-state index >= 15 is 0 Å². The van der Waals surface area contributed by atoms with E-state index < -0.39 is 0 Å². The van der Waals surface area contributed by atoms with Gasteiger partial charge in [-0.25, -0.2) is 4.39 Å². The highest BCUT2D eigenvalue weighted by atomic mass is 35.5. The van der Waals surface area contributed by atoms with Crippen molar-refractivity contribution in [2.75, 3.05) is 7.05 Å². The van der Waals surface area contributed by atoms with Gasteiger partial charge in [0.05, 0.1) is 5.02 Å². The fourth-order valence-electron chi connectivity index (χ4n) is 1.94. The zero-order chi connectivity index (χ0) is 13.0. The van der Waals surface area contributed by atoms with Gasteiger partial charge in [-0.15, -0.1) is 0 Å². The van der Waals surface area contributed by atoms with Crippen molar-refractivity contribution in [1.82, 2.24) is 5.32 Å². The maximum absolute atomic E-state index is 13.1. The molecular weight excluding hydrogens is 237 g/mol.